The van der Waals surface area contributed by atoms with E-state index in [2.05, 4.69) is 0 Å². The first-order chi connectivity index (χ1) is 8.56. The molecule has 18 heavy (non-hydrogen) atoms. The van der Waals surface area contributed by atoms with Gasteiger partial charge in [-0.3, -0.25) is 0 Å². The van der Waals surface area contributed by atoms with Crippen LogP contribution >= 0.6 is 0 Å². The average molecular weight is 299 g/mol. The van der Waals surface area contributed by atoms with E-state index >= 15 is 0 Å². The van der Waals surface area contributed by atoms with E-state index in [1.54, 1.807) is 42.7 Å². The van der Waals surface area contributed by atoms with E-state index in [0.717, 1.165) is 0 Å². The first-order valence-electron chi connectivity index (χ1n) is 5.57. The second kappa shape index (κ2) is 8.35. The van der Waals surface area contributed by atoms with E-state index in [1.165, 1.54) is 0 Å². The molecule has 0 radical (unpaired) electrons. The second-order valence-electron chi connectivity index (χ2n) is 3.56. The summed E-state index contributed by atoms with van der Waals surface area (Å²) in [5.74, 6) is 0. The van der Waals surface area contributed by atoms with Crippen LogP contribution < -0.4 is 5.73 Å². The molecule has 0 heterocycles. The first kappa shape index (κ1) is 18.2. The van der Waals surface area contributed by atoms with Gasteiger partial charge in [0.25, 0.3) is 0 Å². The number of nitrogens with two attached hydrogens (primary N) is 1. The highest BCUT2D eigenvalue weighted by molar-refractivity contribution is 6.82. The maximum absolute atomic E-state index is 5.66. The standard InChI is InChI=1S/C9H25NO6Si2/c1-11-17(12-2,13-3)9(7-8-10)18(14-4,15-5)16-6/h9H,7-8,10H2,1-6H3. The lowest BCUT2D eigenvalue weighted by atomic mass is 10.5. The minimum Gasteiger partial charge on any atom is -0.377 e. The van der Waals surface area contributed by atoms with Crippen LogP contribution in [0.2, 0.25) is 5.16 Å². The summed E-state index contributed by atoms with van der Waals surface area (Å²) in [5, 5.41) is -0.269. The Morgan fingerprint density at radius 3 is 1.17 bits per heavy atom. The molecule has 0 saturated carbocycles. The summed E-state index contributed by atoms with van der Waals surface area (Å²) in [5.41, 5.74) is 5.66. The summed E-state index contributed by atoms with van der Waals surface area (Å²) in [7, 11) is 3.35. The van der Waals surface area contributed by atoms with Crippen molar-refractivity contribution in [3.8, 4) is 0 Å². The molecule has 0 aliphatic heterocycles. The zero-order valence-corrected chi connectivity index (χ0v) is 14.0. The smallest absolute Gasteiger partial charge is 0.377 e. The largest absolute Gasteiger partial charge is 0.508 e. The van der Waals surface area contributed by atoms with Gasteiger partial charge in [-0.1, -0.05) is 0 Å². The van der Waals surface area contributed by atoms with E-state index in [0.29, 0.717) is 13.0 Å². The zero-order valence-electron chi connectivity index (χ0n) is 12.0. The predicted octanol–water partition coefficient (Wildman–Crippen LogP) is 0.000800. The van der Waals surface area contributed by atoms with Crippen molar-refractivity contribution >= 4 is 17.6 Å². The van der Waals surface area contributed by atoms with Crippen molar-refractivity contribution in [1.29, 1.82) is 0 Å². The predicted molar refractivity (Wildman–Crippen MR) is 71.0 cm³/mol. The molecule has 0 saturated heterocycles. The maximum atomic E-state index is 5.66. The van der Waals surface area contributed by atoms with Gasteiger partial charge in [-0.25, -0.2) is 0 Å². The summed E-state index contributed by atoms with van der Waals surface area (Å²) in [6.07, 6.45) is 0.573. The van der Waals surface area contributed by atoms with Gasteiger partial charge in [0.1, 0.15) is 5.16 Å². The van der Waals surface area contributed by atoms with Crippen molar-refractivity contribution in [2.75, 3.05) is 49.2 Å². The lowest BCUT2D eigenvalue weighted by Crippen LogP contribution is -2.62. The van der Waals surface area contributed by atoms with Crippen LogP contribution in [0.3, 0.4) is 0 Å². The van der Waals surface area contributed by atoms with Crippen LogP contribution in [0.4, 0.5) is 0 Å². The third kappa shape index (κ3) is 3.37. The Hall–Kier alpha value is 0.154. The minimum absolute atomic E-state index is 0.269. The fourth-order valence-corrected chi connectivity index (χ4v) is 9.69. The molecule has 0 bridgehead atoms. The third-order valence-corrected chi connectivity index (χ3v) is 10.8. The first-order valence-corrected chi connectivity index (χ1v) is 9.17. The van der Waals surface area contributed by atoms with Gasteiger partial charge in [-0.05, 0) is 13.0 Å². The van der Waals surface area contributed by atoms with Crippen molar-refractivity contribution in [2.45, 2.75) is 11.6 Å². The highest BCUT2D eigenvalue weighted by atomic mass is 28.5. The van der Waals surface area contributed by atoms with Crippen molar-refractivity contribution in [3.05, 3.63) is 0 Å². The molecule has 0 aromatic rings. The quantitative estimate of drug-likeness (QED) is 0.569. The topological polar surface area (TPSA) is 81.4 Å². The normalized spacial score (nSPS) is 13.3. The van der Waals surface area contributed by atoms with Gasteiger partial charge >= 0.3 is 17.6 Å². The van der Waals surface area contributed by atoms with Crippen LogP contribution in [0, 0.1) is 0 Å². The lowest BCUT2D eigenvalue weighted by molar-refractivity contribution is 0.0787. The maximum Gasteiger partial charge on any atom is 0.508 e. The highest BCUT2D eigenvalue weighted by Gasteiger charge is 2.63. The Labute approximate surface area is 111 Å². The molecular weight excluding hydrogens is 274 g/mol. The molecular formula is C9H25NO6Si2. The van der Waals surface area contributed by atoms with Crippen molar-refractivity contribution < 1.29 is 26.6 Å². The molecule has 0 aromatic heterocycles. The van der Waals surface area contributed by atoms with Crippen LogP contribution in [0.5, 0.6) is 0 Å². The molecule has 9 heteroatoms. The molecule has 0 aromatic carbocycles. The lowest BCUT2D eigenvalue weighted by Gasteiger charge is -2.39. The average Bonchev–Trinajstić information content (AvgIpc) is 2.44. The second-order valence-corrected chi connectivity index (χ2v) is 10.4. The summed E-state index contributed by atoms with van der Waals surface area (Å²) in [6, 6.07) is 0. The number of hydrogen-bond acceptors (Lipinski definition) is 7. The van der Waals surface area contributed by atoms with E-state index in [4.69, 9.17) is 32.3 Å². The molecule has 7 nitrogen and oxygen atoms in total. The Bertz CT molecular complexity index is 189. The molecule has 110 valence electrons. The van der Waals surface area contributed by atoms with Crippen molar-refractivity contribution in [3.63, 3.8) is 0 Å². The molecule has 0 rings (SSSR count). The molecule has 2 N–H and O–H groups in total. The van der Waals surface area contributed by atoms with Gasteiger partial charge in [-0.15, -0.1) is 0 Å². The van der Waals surface area contributed by atoms with Gasteiger partial charge in [0.05, 0.1) is 0 Å². The summed E-state index contributed by atoms with van der Waals surface area (Å²) in [6.45, 7) is 0.431. The summed E-state index contributed by atoms with van der Waals surface area (Å²) in [4.78, 5) is 0. The van der Waals surface area contributed by atoms with Crippen LogP contribution in [-0.4, -0.2) is 66.8 Å². The van der Waals surface area contributed by atoms with Gasteiger partial charge < -0.3 is 32.3 Å². The molecule has 0 aliphatic rings. The van der Waals surface area contributed by atoms with Crippen LogP contribution in [0.1, 0.15) is 6.42 Å². The summed E-state index contributed by atoms with van der Waals surface area (Å²) >= 11 is 0. The molecule has 0 amide bonds. The van der Waals surface area contributed by atoms with E-state index in [-0.39, 0.29) is 5.16 Å². The summed E-state index contributed by atoms with van der Waals surface area (Å²) < 4.78 is 33.0. The van der Waals surface area contributed by atoms with E-state index in [9.17, 15) is 0 Å². The third-order valence-electron chi connectivity index (χ3n) is 3.02. The Morgan fingerprint density at radius 2 is 1.00 bits per heavy atom. The Balaban J connectivity index is 5.49. The molecule has 0 fully saturated rings. The van der Waals surface area contributed by atoms with Crippen LogP contribution in [0.15, 0.2) is 0 Å². The molecule has 0 spiro atoms. The van der Waals surface area contributed by atoms with Crippen molar-refractivity contribution in [2.24, 2.45) is 5.73 Å². The minimum atomic E-state index is -2.96. The van der Waals surface area contributed by atoms with Gasteiger partial charge in [0.15, 0.2) is 0 Å². The fraction of sp³-hybridized carbons (Fsp3) is 1.00. The number of rotatable bonds is 10. The SMILES string of the molecule is CO[Si](OC)(OC)C(CCN)[Si](OC)(OC)OC. The molecule has 0 atom stereocenters. The van der Waals surface area contributed by atoms with E-state index in [1.807, 2.05) is 0 Å². The van der Waals surface area contributed by atoms with Crippen LogP contribution in [-0.2, 0) is 26.6 Å². The van der Waals surface area contributed by atoms with Gasteiger partial charge in [0, 0.05) is 42.7 Å². The highest BCUT2D eigenvalue weighted by Crippen LogP contribution is 2.37. The van der Waals surface area contributed by atoms with Crippen molar-refractivity contribution in [1.82, 2.24) is 0 Å². The Morgan fingerprint density at radius 1 is 0.722 bits per heavy atom. The fourth-order valence-electron chi connectivity index (χ4n) is 2.09. The van der Waals surface area contributed by atoms with Gasteiger partial charge in [-0.2, -0.15) is 0 Å². The molecule has 0 unspecified atom stereocenters. The molecule has 0 aliphatic carbocycles. The number of hydrogen-bond donors (Lipinski definition) is 1. The zero-order chi connectivity index (χ0) is 14.2. The van der Waals surface area contributed by atoms with E-state index < -0.39 is 17.6 Å². The van der Waals surface area contributed by atoms with Gasteiger partial charge in [0.2, 0.25) is 0 Å². The monoisotopic (exact) mass is 299 g/mol. The Kier molecular flexibility index (Phi) is 8.42. The van der Waals surface area contributed by atoms with Crippen LogP contribution in [0.25, 0.3) is 0 Å².